The highest BCUT2D eigenvalue weighted by atomic mass is 16.2. The molecule has 1 aliphatic rings. The van der Waals surface area contributed by atoms with Crippen molar-refractivity contribution in [2.45, 2.75) is 66.0 Å². The first-order valence-corrected chi connectivity index (χ1v) is 6.74. The van der Waals surface area contributed by atoms with E-state index in [1.165, 1.54) is 0 Å². The van der Waals surface area contributed by atoms with Crippen LogP contribution in [0.1, 0.15) is 54.4 Å². The lowest BCUT2D eigenvalue weighted by atomic mass is 9.81. The average Bonchev–Trinajstić information content (AvgIpc) is 2.18. The van der Waals surface area contributed by atoms with Gasteiger partial charge >= 0.3 is 0 Å². The summed E-state index contributed by atoms with van der Waals surface area (Å²) in [5.74, 6) is -0.0151. The van der Waals surface area contributed by atoms with Crippen molar-refractivity contribution in [3.8, 4) is 0 Å². The van der Waals surface area contributed by atoms with Crippen molar-refractivity contribution in [3.63, 3.8) is 0 Å². The van der Waals surface area contributed by atoms with E-state index in [0.29, 0.717) is 6.54 Å². The predicted octanol–water partition coefficient (Wildman–Crippen LogP) is 1.94. The van der Waals surface area contributed by atoms with Gasteiger partial charge in [0, 0.05) is 6.54 Å². The molecule has 1 fully saturated rings. The highest BCUT2D eigenvalue weighted by Gasteiger charge is 2.49. The maximum absolute atomic E-state index is 12.5. The lowest BCUT2D eigenvalue weighted by Crippen LogP contribution is -2.70. The second-order valence-corrected chi connectivity index (χ2v) is 6.73. The molecule has 1 aliphatic heterocycles. The van der Waals surface area contributed by atoms with Crippen LogP contribution in [0.25, 0.3) is 0 Å². The minimum Gasteiger partial charge on any atom is -0.340 e. The van der Waals surface area contributed by atoms with Gasteiger partial charge in [0.2, 0.25) is 11.8 Å². The minimum absolute atomic E-state index is 0.0236. The molecule has 0 aliphatic carbocycles. The van der Waals surface area contributed by atoms with Crippen LogP contribution in [0.4, 0.5) is 0 Å². The molecule has 1 unspecified atom stereocenters. The van der Waals surface area contributed by atoms with Crippen molar-refractivity contribution < 1.29 is 9.59 Å². The zero-order valence-corrected chi connectivity index (χ0v) is 12.5. The maximum Gasteiger partial charge on any atom is 0.248 e. The van der Waals surface area contributed by atoms with E-state index in [9.17, 15) is 9.59 Å². The van der Waals surface area contributed by atoms with Crippen LogP contribution < -0.4 is 5.32 Å². The van der Waals surface area contributed by atoms with Crippen LogP contribution in [0.2, 0.25) is 0 Å². The third-order valence-electron chi connectivity index (χ3n) is 3.36. The van der Waals surface area contributed by atoms with Gasteiger partial charge in [-0.15, -0.1) is 0 Å². The van der Waals surface area contributed by atoms with E-state index in [0.717, 1.165) is 12.8 Å². The molecule has 0 spiro atoms. The molecule has 1 N–H and O–H groups in total. The Morgan fingerprint density at radius 2 is 1.83 bits per heavy atom. The van der Waals surface area contributed by atoms with E-state index in [1.54, 1.807) is 18.7 Å². The normalized spacial score (nSPS) is 24.1. The van der Waals surface area contributed by atoms with Crippen LogP contribution in [0, 0.1) is 5.41 Å². The van der Waals surface area contributed by atoms with Crippen molar-refractivity contribution in [2.75, 3.05) is 6.54 Å². The summed E-state index contributed by atoms with van der Waals surface area (Å²) in [7, 11) is 0. The van der Waals surface area contributed by atoms with E-state index >= 15 is 0 Å². The molecule has 4 heteroatoms. The second kappa shape index (κ2) is 4.90. The summed E-state index contributed by atoms with van der Waals surface area (Å²) < 4.78 is 0. The van der Waals surface area contributed by atoms with E-state index in [1.807, 2.05) is 20.8 Å². The van der Waals surface area contributed by atoms with Crippen LogP contribution >= 0.6 is 0 Å². The standard InChI is InChI=1S/C14H26N2O2/c1-7-8-9-16-10(13(2,3)4)11(17)15-14(5,6)12(16)18/h10H,7-9H2,1-6H3,(H,15,17). The number of piperazine rings is 1. The molecule has 0 saturated carbocycles. The first-order valence-electron chi connectivity index (χ1n) is 6.74. The van der Waals surface area contributed by atoms with Crippen molar-refractivity contribution in [3.05, 3.63) is 0 Å². The molecule has 104 valence electrons. The Morgan fingerprint density at radius 3 is 2.28 bits per heavy atom. The van der Waals surface area contributed by atoms with Gasteiger partial charge in [0.1, 0.15) is 11.6 Å². The van der Waals surface area contributed by atoms with Gasteiger partial charge in [-0.25, -0.2) is 0 Å². The molecule has 2 amide bonds. The molecule has 0 radical (unpaired) electrons. The first kappa shape index (κ1) is 15.0. The molecule has 0 aromatic rings. The summed E-state index contributed by atoms with van der Waals surface area (Å²) in [6.07, 6.45) is 1.95. The van der Waals surface area contributed by atoms with Crippen LogP contribution in [-0.4, -0.2) is 34.8 Å². The van der Waals surface area contributed by atoms with Gasteiger partial charge in [0.15, 0.2) is 0 Å². The molecular weight excluding hydrogens is 228 g/mol. The van der Waals surface area contributed by atoms with Crippen molar-refractivity contribution in [1.29, 1.82) is 0 Å². The molecule has 1 rings (SSSR count). The Kier molecular flexibility index (Phi) is 4.08. The summed E-state index contributed by atoms with van der Waals surface area (Å²) in [5, 5.41) is 2.84. The first-order chi connectivity index (χ1) is 8.11. The molecular formula is C14H26N2O2. The molecule has 1 heterocycles. The number of rotatable bonds is 3. The second-order valence-electron chi connectivity index (χ2n) is 6.73. The SMILES string of the molecule is CCCCN1C(=O)C(C)(C)NC(=O)C1C(C)(C)C. The van der Waals surface area contributed by atoms with Gasteiger partial charge < -0.3 is 10.2 Å². The fraction of sp³-hybridized carbons (Fsp3) is 0.857. The Labute approximate surface area is 110 Å². The predicted molar refractivity (Wildman–Crippen MR) is 72.1 cm³/mol. The number of unbranched alkanes of at least 4 members (excludes halogenated alkanes) is 1. The monoisotopic (exact) mass is 254 g/mol. The Morgan fingerprint density at radius 1 is 1.28 bits per heavy atom. The van der Waals surface area contributed by atoms with Crippen molar-refractivity contribution in [2.24, 2.45) is 5.41 Å². The molecule has 0 bridgehead atoms. The number of nitrogens with one attached hydrogen (secondary N) is 1. The molecule has 0 aromatic carbocycles. The van der Waals surface area contributed by atoms with Gasteiger partial charge in [0.05, 0.1) is 0 Å². The van der Waals surface area contributed by atoms with E-state index < -0.39 is 5.54 Å². The molecule has 0 aromatic heterocycles. The fourth-order valence-corrected chi connectivity index (χ4v) is 2.47. The summed E-state index contributed by atoms with van der Waals surface area (Å²) in [4.78, 5) is 26.5. The summed E-state index contributed by atoms with van der Waals surface area (Å²) in [5.41, 5.74) is -1.03. The van der Waals surface area contributed by atoms with Crippen LogP contribution in [0.5, 0.6) is 0 Å². The number of hydrogen-bond donors (Lipinski definition) is 1. The average molecular weight is 254 g/mol. The number of carbonyl (C=O) groups is 2. The Balaban J connectivity index is 3.07. The molecule has 18 heavy (non-hydrogen) atoms. The van der Waals surface area contributed by atoms with Crippen molar-refractivity contribution >= 4 is 11.8 Å². The molecule has 1 atom stereocenters. The Hall–Kier alpha value is -1.06. The highest BCUT2D eigenvalue weighted by Crippen LogP contribution is 2.30. The Bertz CT molecular complexity index is 342. The quantitative estimate of drug-likeness (QED) is 0.836. The number of hydrogen-bond acceptors (Lipinski definition) is 2. The van der Waals surface area contributed by atoms with E-state index in [-0.39, 0.29) is 23.3 Å². The smallest absolute Gasteiger partial charge is 0.248 e. The van der Waals surface area contributed by atoms with Gasteiger partial charge in [-0.3, -0.25) is 9.59 Å². The third kappa shape index (κ3) is 2.85. The number of nitrogens with zero attached hydrogens (tertiary/aromatic N) is 1. The lowest BCUT2D eigenvalue weighted by Gasteiger charge is -2.47. The lowest BCUT2D eigenvalue weighted by molar-refractivity contribution is -0.158. The van der Waals surface area contributed by atoms with Crippen LogP contribution in [-0.2, 0) is 9.59 Å². The molecule has 1 saturated heterocycles. The maximum atomic E-state index is 12.5. The topological polar surface area (TPSA) is 49.4 Å². The van der Waals surface area contributed by atoms with Gasteiger partial charge in [0.25, 0.3) is 0 Å². The van der Waals surface area contributed by atoms with Crippen LogP contribution in [0.15, 0.2) is 0 Å². The van der Waals surface area contributed by atoms with E-state index in [4.69, 9.17) is 0 Å². The fourth-order valence-electron chi connectivity index (χ4n) is 2.47. The van der Waals surface area contributed by atoms with Gasteiger partial charge in [-0.05, 0) is 25.7 Å². The summed E-state index contributed by atoms with van der Waals surface area (Å²) in [6.45, 7) is 12.3. The summed E-state index contributed by atoms with van der Waals surface area (Å²) >= 11 is 0. The van der Waals surface area contributed by atoms with Crippen LogP contribution in [0.3, 0.4) is 0 Å². The van der Waals surface area contributed by atoms with Gasteiger partial charge in [-0.1, -0.05) is 34.1 Å². The van der Waals surface area contributed by atoms with E-state index in [2.05, 4.69) is 12.2 Å². The minimum atomic E-state index is -0.785. The summed E-state index contributed by atoms with van der Waals surface area (Å²) in [6, 6.07) is -0.371. The van der Waals surface area contributed by atoms with Crippen molar-refractivity contribution in [1.82, 2.24) is 10.2 Å². The largest absolute Gasteiger partial charge is 0.340 e. The zero-order chi connectivity index (χ0) is 14.1. The third-order valence-corrected chi connectivity index (χ3v) is 3.36. The van der Waals surface area contributed by atoms with Gasteiger partial charge in [-0.2, -0.15) is 0 Å². The number of carbonyl (C=O) groups excluding carboxylic acids is 2. The zero-order valence-electron chi connectivity index (χ0n) is 12.5. The number of amides is 2. The molecule has 4 nitrogen and oxygen atoms in total. The highest BCUT2D eigenvalue weighted by molar-refractivity contribution is 5.99.